The van der Waals surface area contributed by atoms with Crippen molar-refractivity contribution in [2.45, 2.75) is 39.7 Å². The Morgan fingerprint density at radius 2 is 2.00 bits per heavy atom. The first-order valence-electron chi connectivity index (χ1n) is 7.14. The first-order valence-corrected chi connectivity index (χ1v) is 7.14. The zero-order valence-corrected chi connectivity index (χ0v) is 13.6. The van der Waals surface area contributed by atoms with Crippen molar-refractivity contribution in [3.8, 4) is 0 Å². The number of aromatic nitrogens is 1. The molecule has 0 unspecified atom stereocenters. The third kappa shape index (κ3) is 5.34. The van der Waals surface area contributed by atoms with Gasteiger partial charge in [-0.2, -0.15) is 0 Å². The van der Waals surface area contributed by atoms with Crippen LogP contribution in [0.25, 0.3) is 0 Å². The molecule has 0 radical (unpaired) electrons. The lowest BCUT2D eigenvalue weighted by Crippen LogP contribution is -2.44. The van der Waals surface area contributed by atoms with Crippen LogP contribution < -0.4 is 0 Å². The van der Waals surface area contributed by atoms with Crippen LogP contribution in [0, 0.1) is 5.41 Å². The van der Waals surface area contributed by atoms with Gasteiger partial charge in [0.05, 0.1) is 5.60 Å². The molecular weight excluding hydrogens is 268 g/mol. The molecule has 5 nitrogen and oxygen atoms in total. The number of hydrogen-bond acceptors (Lipinski definition) is 4. The highest BCUT2D eigenvalue weighted by atomic mass is 16.6. The minimum absolute atomic E-state index is 0.170. The van der Waals surface area contributed by atoms with Crippen molar-refractivity contribution in [3.05, 3.63) is 30.1 Å². The average Bonchev–Trinajstić information content (AvgIpc) is 2.42. The minimum atomic E-state index is -0.917. The molecule has 0 fully saturated rings. The standard InChI is InChI=1S/C16H26N2O3/c1-15(2,16(3,4)20)12-21-14(19)18(5)11-9-13-8-6-7-10-17-13/h6-8,10,20H,9,11-12H2,1-5H3. The molecule has 1 heterocycles. The van der Waals surface area contributed by atoms with Gasteiger partial charge in [-0.15, -0.1) is 0 Å². The molecule has 1 N–H and O–H groups in total. The van der Waals surface area contributed by atoms with E-state index in [1.165, 1.54) is 4.90 Å². The smallest absolute Gasteiger partial charge is 0.409 e. The molecular formula is C16H26N2O3. The summed E-state index contributed by atoms with van der Waals surface area (Å²) in [7, 11) is 1.70. The van der Waals surface area contributed by atoms with Gasteiger partial charge in [-0.3, -0.25) is 4.98 Å². The number of rotatable bonds is 6. The summed E-state index contributed by atoms with van der Waals surface area (Å²) in [4.78, 5) is 17.7. The van der Waals surface area contributed by atoms with E-state index >= 15 is 0 Å². The van der Waals surface area contributed by atoms with E-state index in [1.807, 2.05) is 32.0 Å². The zero-order valence-electron chi connectivity index (χ0n) is 13.6. The lowest BCUT2D eigenvalue weighted by Gasteiger charge is -2.36. The van der Waals surface area contributed by atoms with E-state index in [1.54, 1.807) is 27.1 Å². The van der Waals surface area contributed by atoms with Gasteiger partial charge in [0.25, 0.3) is 0 Å². The number of nitrogens with zero attached hydrogens (tertiary/aromatic N) is 2. The van der Waals surface area contributed by atoms with Crippen LogP contribution in [0.3, 0.4) is 0 Å². The predicted octanol–water partition coefficient (Wildman–Crippen LogP) is 2.49. The zero-order chi connectivity index (χ0) is 16.1. The lowest BCUT2D eigenvalue weighted by molar-refractivity contribution is -0.0678. The Hall–Kier alpha value is -1.62. The molecule has 1 rings (SSSR count). The van der Waals surface area contributed by atoms with Crippen molar-refractivity contribution in [2.24, 2.45) is 5.41 Å². The molecule has 0 aliphatic heterocycles. The Bertz CT molecular complexity index is 452. The molecule has 0 aliphatic rings. The van der Waals surface area contributed by atoms with Crippen molar-refractivity contribution in [1.82, 2.24) is 9.88 Å². The summed E-state index contributed by atoms with van der Waals surface area (Å²) in [6.45, 7) is 7.88. The van der Waals surface area contributed by atoms with Gasteiger partial charge in [0.15, 0.2) is 0 Å². The van der Waals surface area contributed by atoms with E-state index in [9.17, 15) is 9.90 Å². The maximum absolute atomic E-state index is 11.9. The number of carbonyl (C=O) groups excluding carboxylic acids is 1. The fraction of sp³-hybridized carbons (Fsp3) is 0.625. The van der Waals surface area contributed by atoms with Gasteiger partial charge >= 0.3 is 6.09 Å². The average molecular weight is 294 g/mol. The Balaban J connectivity index is 2.42. The number of pyridine rings is 1. The third-order valence-electron chi connectivity index (χ3n) is 3.95. The first kappa shape index (κ1) is 17.4. The van der Waals surface area contributed by atoms with Gasteiger partial charge < -0.3 is 14.7 Å². The fourth-order valence-corrected chi connectivity index (χ4v) is 1.45. The highest BCUT2D eigenvalue weighted by molar-refractivity contribution is 5.67. The van der Waals surface area contributed by atoms with E-state index in [0.717, 1.165) is 5.69 Å². The van der Waals surface area contributed by atoms with Gasteiger partial charge in [0.2, 0.25) is 0 Å². The molecule has 0 saturated heterocycles. The largest absolute Gasteiger partial charge is 0.449 e. The minimum Gasteiger partial charge on any atom is -0.449 e. The maximum Gasteiger partial charge on any atom is 0.409 e. The van der Waals surface area contributed by atoms with Crippen LogP contribution in [0.4, 0.5) is 4.79 Å². The van der Waals surface area contributed by atoms with Crippen LogP contribution in [-0.4, -0.2) is 46.9 Å². The van der Waals surface area contributed by atoms with Crippen LogP contribution >= 0.6 is 0 Å². The van der Waals surface area contributed by atoms with E-state index in [0.29, 0.717) is 13.0 Å². The lowest BCUT2D eigenvalue weighted by atomic mass is 9.78. The fourth-order valence-electron chi connectivity index (χ4n) is 1.45. The van der Waals surface area contributed by atoms with E-state index in [2.05, 4.69) is 4.98 Å². The molecule has 0 bridgehead atoms. The number of likely N-dealkylation sites (N-methyl/N-ethyl adjacent to an activating group) is 1. The van der Waals surface area contributed by atoms with Crippen LogP contribution in [-0.2, 0) is 11.2 Å². The number of carbonyl (C=O) groups is 1. The van der Waals surface area contributed by atoms with Crippen LogP contribution in [0.15, 0.2) is 24.4 Å². The van der Waals surface area contributed by atoms with Crippen molar-refractivity contribution < 1.29 is 14.6 Å². The van der Waals surface area contributed by atoms with Crippen LogP contribution in [0.5, 0.6) is 0 Å². The van der Waals surface area contributed by atoms with Crippen molar-refractivity contribution in [2.75, 3.05) is 20.2 Å². The number of hydrogen-bond donors (Lipinski definition) is 1. The Morgan fingerprint density at radius 3 is 2.52 bits per heavy atom. The summed E-state index contributed by atoms with van der Waals surface area (Å²) >= 11 is 0. The second-order valence-corrected chi connectivity index (χ2v) is 6.49. The van der Waals surface area contributed by atoms with Gasteiger partial charge in [0, 0.05) is 37.3 Å². The second kappa shape index (κ2) is 6.89. The normalized spacial score (nSPS) is 12.1. The highest BCUT2D eigenvalue weighted by Crippen LogP contribution is 2.30. The van der Waals surface area contributed by atoms with Crippen molar-refractivity contribution in [1.29, 1.82) is 0 Å². The van der Waals surface area contributed by atoms with Crippen molar-refractivity contribution >= 4 is 6.09 Å². The molecule has 0 saturated carbocycles. The summed E-state index contributed by atoms with van der Waals surface area (Å²) in [6.07, 6.45) is 2.03. The summed E-state index contributed by atoms with van der Waals surface area (Å²) in [6, 6.07) is 5.71. The molecule has 5 heteroatoms. The number of amides is 1. The van der Waals surface area contributed by atoms with Gasteiger partial charge in [-0.1, -0.05) is 19.9 Å². The Kier molecular flexibility index (Phi) is 5.72. The first-order chi connectivity index (χ1) is 9.63. The van der Waals surface area contributed by atoms with E-state index in [-0.39, 0.29) is 12.7 Å². The quantitative estimate of drug-likeness (QED) is 0.875. The molecule has 21 heavy (non-hydrogen) atoms. The molecule has 0 aliphatic carbocycles. The molecule has 0 atom stereocenters. The molecule has 1 aromatic rings. The van der Waals surface area contributed by atoms with Gasteiger partial charge in [-0.05, 0) is 26.0 Å². The summed E-state index contributed by atoms with van der Waals surface area (Å²) in [5.74, 6) is 0. The van der Waals surface area contributed by atoms with Crippen LogP contribution in [0.1, 0.15) is 33.4 Å². The van der Waals surface area contributed by atoms with Crippen LogP contribution in [0.2, 0.25) is 0 Å². The SMILES string of the molecule is CN(CCc1ccccn1)C(=O)OCC(C)(C)C(C)(C)O. The molecule has 1 aromatic heterocycles. The number of aliphatic hydroxyl groups is 1. The predicted molar refractivity (Wildman–Crippen MR) is 82.0 cm³/mol. The third-order valence-corrected chi connectivity index (χ3v) is 3.95. The van der Waals surface area contributed by atoms with Gasteiger partial charge in [-0.25, -0.2) is 4.79 Å². The summed E-state index contributed by atoms with van der Waals surface area (Å²) in [5.41, 5.74) is -0.487. The highest BCUT2D eigenvalue weighted by Gasteiger charge is 2.36. The Morgan fingerprint density at radius 1 is 1.33 bits per heavy atom. The summed E-state index contributed by atoms with van der Waals surface area (Å²) in [5, 5.41) is 10.0. The molecule has 0 spiro atoms. The van der Waals surface area contributed by atoms with E-state index < -0.39 is 11.0 Å². The molecule has 118 valence electrons. The topological polar surface area (TPSA) is 62.7 Å². The second-order valence-electron chi connectivity index (χ2n) is 6.49. The monoisotopic (exact) mass is 294 g/mol. The van der Waals surface area contributed by atoms with E-state index in [4.69, 9.17) is 4.74 Å². The maximum atomic E-state index is 11.9. The van der Waals surface area contributed by atoms with Gasteiger partial charge in [0.1, 0.15) is 6.61 Å². The summed E-state index contributed by atoms with van der Waals surface area (Å²) < 4.78 is 5.29. The molecule has 1 amide bonds. The molecule has 0 aromatic carbocycles. The Labute approximate surface area is 126 Å². The van der Waals surface area contributed by atoms with Crippen molar-refractivity contribution in [3.63, 3.8) is 0 Å². The number of ether oxygens (including phenoxy) is 1.